The predicted octanol–water partition coefficient (Wildman–Crippen LogP) is 2.32. The van der Waals surface area contributed by atoms with Gasteiger partial charge in [-0.3, -0.25) is 0 Å². The smallest absolute Gasteiger partial charge is 0.125 e. The van der Waals surface area contributed by atoms with Crippen LogP contribution in [0.1, 0.15) is 23.1 Å². The summed E-state index contributed by atoms with van der Waals surface area (Å²) in [7, 11) is 3.71. The van der Waals surface area contributed by atoms with Crippen molar-refractivity contribution in [1.82, 2.24) is 4.90 Å². The van der Waals surface area contributed by atoms with Gasteiger partial charge in [0, 0.05) is 26.8 Å². The van der Waals surface area contributed by atoms with Crippen LogP contribution in [-0.2, 0) is 4.74 Å². The summed E-state index contributed by atoms with van der Waals surface area (Å²) in [6.45, 7) is 8.74. The summed E-state index contributed by atoms with van der Waals surface area (Å²) in [6, 6.07) is 4.15. The standard InChI is InChI=1S/C17H29NO3/c1-13-7-8-14(2)17(15(13)3)21-12-16(19)11-18(4)9-6-10-20-5/h7-8,16,19H,6,9-12H2,1-5H3. The number of aliphatic hydroxyl groups is 1. The van der Waals surface area contributed by atoms with Crippen LogP contribution in [0.4, 0.5) is 0 Å². The zero-order valence-corrected chi connectivity index (χ0v) is 14.0. The molecule has 1 rings (SSSR count). The van der Waals surface area contributed by atoms with Crippen molar-refractivity contribution in [3.8, 4) is 5.75 Å². The minimum atomic E-state index is -0.489. The third-order valence-electron chi connectivity index (χ3n) is 3.70. The van der Waals surface area contributed by atoms with Crippen molar-refractivity contribution < 1.29 is 14.6 Å². The summed E-state index contributed by atoms with van der Waals surface area (Å²) in [5, 5.41) is 10.1. The van der Waals surface area contributed by atoms with Gasteiger partial charge in [-0.2, -0.15) is 0 Å². The number of benzene rings is 1. The highest BCUT2D eigenvalue weighted by molar-refractivity contribution is 5.44. The van der Waals surface area contributed by atoms with E-state index in [4.69, 9.17) is 9.47 Å². The minimum Gasteiger partial charge on any atom is -0.490 e. The van der Waals surface area contributed by atoms with Crippen LogP contribution in [0, 0.1) is 20.8 Å². The fourth-order valence-corrected chi connectivity index (χ4v) is 2.31. The molecule has 4 nitrogen and oxygen atoms in total. The first-order chi connectivity index (χ1) is 9.95. The molecule has 0 bridgehead atoms. The number of ether oxygens (including phenoxy) is 2. The Morgan fingerprint density at radius 2 is 1.86 bits per heavy atom. The van der Waals surface area contributed by atoms with E-state index in [1.54, 1.807) is 7.11 Å². The summed E-state index contributed by atoms with van der Waals surface area (Å²) in [5.41, 5.74) is 3.47. The van der Waals surface area contributed by atoms with Gasteiger partial charge in [0.15, 0.2) is 0 Å². The summed E-state index contributed by atoms with van der Waals surface area (Å²) in [6.07, 6.45) is 0.480. The SMILES string of the molecule is COCCCN(C)CC(O)COc1c(C)ccc(C)c1C. The maximum Gasteiger partial charge on any atom is 0.125 e. The summed E-state index contributed by atoms with van der Waals surface area (Å²) in [5.74, 6) is 0.899. The molecule has 0 saturated carbocycles. The van der Waals surface area contributed by atoms with E-state index >= 15 is 0 Å². The number of rotatable bonds is 9. The molecule has 120 valence electrons. The Hall–Kier alpha value is -1.10. The van der Waals surface area contributed by atoms with Crippen LogP contribution < -0.4 is 4.74 Å². The molecule has 0 aliphatic heterocycles. The van der Waals surface area contributed by atoms with Crippen LogP contribution in [0.25, 0.3) is 0 Å². The van der Waals surface area contributed by atoms with Crippen molar-refractivity contribution in [2.45, 2.75) is 33.3 Å². The molecule has 0 spiro atoms. The molecular formula is C17H29NO3. The van der Waals surface area contributed by atoms with Crippen LogP contribution in [-0.4, -0.2) is 56.6 Å². The fraction of sp³-hybridized carbons (Fsp3) is 0.647. The average molecular weight is 295 g/mol. The minimum absolute atomic E-state index is 0.319. The maximum atomic E-state index is 10.1. The molecular weight excluding hydrogens is 266 g/mol. The first-order valence-electron chi connectivity index (χ1n) is 7.50. The molecule has 1 unspecified atom stereocenters. The molecule has 0 saturated heterocycles. The largest absolute Gasteiger partial charge is 0.490 e. The molecule has 1 aromatic carbocycles. The highest BCUT2D eigenvalue weighted by Gasteiger charge is 2.12. The van der Waals surface area contributed by atoms with E-state index in [0.29, 0.717) is 13.2 Å². The van der Waals surface area contributed by atoms with E-state index in [2.05, 4.69) is 30.9 Å². The van der Waals surface area contributed by atoms with Gasteiger partial charge in [0.2, 0.25) is 0 Å². The van der Waals surface area contributed by atoms with Gasteiger partial charge in [-0.15, -0.1) is 0 Å². The molecule has 0 aliphatic rings. The molecule has 0 radical (unpaired) electrons. The van der Waals surface area contributed by atoms with Gasteiger partial charge < -0.3 is 19.5 Å². The average Bonchev–Trinajstić information content (AvgIpc) is 2.43. The lowest BCUT2D eigenvalue weighted by molar-refractivity contribution is 0.0726. The number of hydrogen-bond acceptors (Lipinski definition) is 4. The monoisotopic (exact) mass is 295 g/mol. The van der Waals surface area contributed by atoms with Gasteiger partial charge in [-0.1, -0.05) is 12.1 Å². The number of aryl methyl sites for hydroxylation is 2. The van der Waals surface area contributed by atoms with Crippen LogP contribution in [0.2, 0.25) is 0 Å². The molecule has 21 heavy (non-hydrogen) atoms. The normalized spacial score (nSPS) is 12.7. The molecule has 0 heterocycles. The fourth-order valence-electron chi connectivity index (χ4n) is 2.31. The zero-order valence-electron chi connectivity index (χ0n) is 14.0. The summed E-state index contributed by atoms with van der Waals surface area (Å²) < 4.78 is 10.9. The topological polar surface area (TPSA) is 41.9 Å². The molecule has 4 heteroatoms. The highest BCUT2D eigenvalue weighted by atomic mass is 16.5. The van der Waals surface area contributed by atoms with E-state index in [0.717, 1.165) is 36.4 Å². The summed E-state index contributed by atoms with van der Waals surface area (Å²) >= 11 is 0. The first kappa shape index (κ1) is 18.0. The van der Waals surface area contributed by atoms with Crippen molar-refractivity contribution in [3.63, 3.8) is 0 Å². The number of hydrogen-bond donors (Lipinski definition) is 1. The Kier molecular flexibility index (Phi) is 7.72. The third kappa shape index (κ3) is 6.04. The molecule has 0 fully saturated rings. The number of nitrogens with zero attached hydrogens (tertiary/aromatic N) is 1. The van der Waals surface area contributed by atoms with E-state index in [-0.39, 0.29) is 0 Å². The third-order valence-corrected chi connectivity index (χ3v) is 3.70. The van der Waals surface area contributed by atoms with Gasteiger partial charge in [-0.05, 0) is 50.9 Å². The highest BCUT2D eigenvalue weighted by Crippen LogP contribution is 2.25. The zero-order chi connectivity index (χ0) is 15.8. The molecule has 0 aliphatic carbocycles. The number of likely N-dealkylation sites (N-methyl/N-ethyl adjacent to an activating group) is 1. The van der Waals surface area contributed by atoms with Crippen molar-refractivity contribution in [1.29, 1.82) is 0 Å². The van der Waals surface area contributed by atoms with Crippen molar-refractivity contribution in [2.75, 3.05) is 40.5 Å². The van der Waals surface area contributed by atoms with Gasteiger partial charge in [-0.25, -0.2) is 0 Å². The van der Waals surface area contributed by atoms with Gasteiger partial charge in [0.05, 0.1) is 0 Å². The Balaban J connectivity index is 2.43. The molecule has 0 amide bonds. The lowest BCUT2D eigenvalue weighted by Crippen LogP contribution is -2.34. The van der Waals surface area contributed by atoms with E-state index < -0.39 is 6.10 Å². The lowest BCUT2D eigenvalue weighted by Gasteiger charge is -2.21. The second kappa shape index (κ2) is 9.03. The maximum absolute atomic E-state index is 10.1. The molecule has 1 N–H and O–H groups in total. The van der Waals surface area contributed by atoms with E-state index in [9.17, 15) is 5.11 Å². The molecule has 1 atom stereocenters. The second-order valence-electron chi connectivity index (χ2n) is 5.73. The van der Waals surface area contributed by atoms with Crippen molar-refractivity contribution in [2.24, 2.45) is 0 Å². The van der Waals surface area contributed by atoms with Crippen molar-refractivity contribution >= 4 is 0 Å². The van der Waals surface area contributed by atoms with E-state index in [1.807, 2.05) is 14.0 Å². The Bertz CT molecular complexity index is 434. The van der Waals surface area contributed by atoms with Crippen molar-refractivity contribution in [3.05, 3.63) is 28.8 Å². The van der Waals surface area contributed by atoms with Gasteiger partial charge in [0.25, 0.3) is 0 Å². The number of methoxy groups -OCH3 is 1. The Morgan fingerprint density at radius 3 is 2.52 bits per heavy atom. The summed E-state index contributed by atoms with van der Waals surface area (Å²) in [4.78, 5) is 2.10. The Labute approximate surface area is 128 Å². The predicted molar refractivity (Wildman–Crippen MR) is 86.1 cm³/mol. The van der Waals surface area contributed by atoms with Gasteiger partial charge >= 0.3 is 0 Å². The number of aliphatic hydroxyl groups excluding tert-OH is 1. The van der Waals surface area contributed by atoms with E-state index in [1.165, 1.54) is 5.56 Å². The van der Waals surface area contributed by atoms with Crippen LogP contribution >= 0.6 is 0 Å². The first-order valence-corrected chi connectivity index (χ1v) is 7.50. The Morgan fingerprint density at radius 1 is 1.19 bits per heavy atom. The van der Waals surface area contributed by atoms with Crippen LogP contribution in [0.3, 0.4) is 0 Å². The lowest BCUT2D eigenvalue weighted by atomic mass is 10.1. The second-order valence-corrected chi connectivity index (χ2v) is 5.73. The van der Waals surface area contributed by atoms with Crippen LogP contribution in [0.5, 0.6) is 5.75 Å². The van der Waals surface area contributed by atoms with Gasteiger partial charge in [0.1, 0.15) is 18.5 Å². The quantitative estimate of drug-likeness (QED) is 0.710. The van der Waals surface area contributed by atoms with Crippen LogP contribution in [0.15, 0.2) is 12.1 Å². The molecule has 1 aromatic rings. The molecule has 0 aromatic heterocycles.